The van der Waals surface area contributed by atoms with Gasteiger partial charge in [0.15, 0.2) is 0 Å². The van der Waals surface area contributed by atoms with Crippen LogP contribution in [-0.4, -0.2) is 9.97 Å². The Kier molecular flexibility index (Phi) is 3.44. The molecule has 90 valence electrons. The minimum absolute atomic E-state index is 0.00848. The normalized spacial score (nSPS) is 10.3. The van der Waals surface area contributed by atoms with Crippen LogP contribution in [-0.2, 0) is 0 Å². The molecule has 3 nitrogen and oxygen atoms in total. The third kappa shape index (κ3) is 2.26. The van der Waals surface area contributed by atoms with E-state index in [-0.39, 0.29) is 15.8 Å². The third-order valence-corrected chi connectivity index (χ3v) is 2.69. The molecule has 0 radical (unpaired) electrons. The number of rotatable bonds is 2. The highest BCUT2D eigenvalue weighted by molar-refractivity contribution is 7.71. The zero-order chi connectivity index (χ0) is 13.1. The minimum Gasteiger partial charge on any atom is -0.345 e. The first kappa shape index (κ1) is 12.3. The Morgan fingerprint density at radius 2 is 2.22 bits per heavy atom. The molecule has 0 atom stereocenters. The van der Waals surface area contributed by atoms with Gasteiger partial charge in [0.1, 0.15) is 10.7 Å². The first-order valence-electron chi connectivity index (χ1n) is 4.99. The van der Waals surface area contributed by atoms with Gasteiger partial charge in [0.2, 0.25) is 0 Å². The number of alkyl halides is 2. The van der Waals surface area contributed by atoms with E-state index in [9.17, 15) is 8.78 Å². The molecule has 2 rings (SSSR count). The zero-order valence-corrected chi connectivity index (χ0v) is 9.84. The smallest absolute Gasteiger partial charge is 0.265 e. The Labute approximate surface area is 107 Å². The first-order valence-corrected chi connectivity index (χ1v) is 5.40. The molecule has 0 spiro atoms. The summed E-state index contributed by atoms with van der Waals surface area (Å²) < 4.78 is 25.7. The van der Waals surface area contributed by atoms with E-state index in [2.05, 4.69) is 9.97 Å². The van der Waals surface area contributed by atoms with Gasteiger partial charge in [-0.25, -0.2) is 8.78 Å². The zero-order valence-electron chi connectivity index (χ0n) is 9.02. The van der Waals surface area contributed by atoms with Crippen LogP contribution in [0.5, 0.6) is 0 Å². The van der Waals surface area contributed by atoms with Gasteiger partial charge in [-0.15, -0.1) is 0 Å². The minimum atomic E-state index is -2.74. The van der Waals surface area contributed by atoms with Crippen LogP contribution in [0.25, 0.3) is 11.3 Å². The van der Waals surface area contributed by atoms with Crippen LogP contribution in [0.15, 0.2) is 30.6 Å². The quantitative estimate of drug-likeness (QED) is 0.842. The van der Waals surface area contributed by atoms with E-state index in [0.29, 0.717) is 11.3 Å². The van der Waals surface area contributed by atoms with Gasteiger partial charge in [0.05, 0.1) is 5.56 Å². The lowest BCUT2D eigenvalue weighted by Gasteiger charge is -2.07. The molecule has 0 saturated carbocycles. The number of pyridine rings is 2. The molecule has 1 N–H and O–H groups in total. The molecule has 6 heteroatoms. The molecular weight excluding hydrogens is 256 g/mol. The Balaban J connectivity index is 2.67. The number of halogens is 2. The molecule has 0 amide bonds. The van der Waals surface area contributed by atoms with Gasteiger partial charge in [-0.05, 0) is 18.2 Å². The van der Waals surface area contributed by atoms with Gasteiger partial charge in [0.25, 0.3) is 6.43 Å². The maximum absolute atomic E-state index is 12.9. The van der Waals surface area contributed by atoms with Crippen molar-refractivity contribution in [1.29, 1.82) is 5.26 Å². The van der Waals surface area contributed by atoms with E-state index in [1.807, 2.05) is 0 Å². The third-order valence-electron chi connectivity index (χ3n) is 2.38. The largest absolute Gasteiger partial charge is 0.345 e. The van der Waals surface area contributed by atoms with Crippen LogP contribution in [0, 0.1) is 16.0 Å². The average Bonchev–Trinajstić information content (AvgIpc) is 2.38. The van der Waals surface area contributed by atoms with Crippen molar-refractivity contribution in [2.75, 3.05) is 0 Å². The van der Waals surface area contributed by atoms with E-state index >= 15 is 0 Å². The van der Waals surface area contributed by atoms with Crippen LogP contribution < -0.4 is 0 Å². The standard InChI is InChI=1S/C12H7F2N3S/c13-11(14)8-4-10(7-2-1-3-16-6-7)17-12(18)9(8)5-15/h1-4,6,11H,(H,17,18). The lowest BCUT2D eigenvalue weighted by atomic mass is 10.1. The van der Waals surface area contributed by atoms with E-state index < -0.39 is 6.43 Å². The van der Waals surface area contributed by atoms with Crippen LogP contribution in [0.4, 0.5) is 8.78 Å². The van der Waals surface area contributed by atoms with Crippen LogP contribution >= 0.6 is 12.2 Å². The van der Waals surface area contributed by atoms with Crippen molar-refractivity contribution in [3.8, 4) is 17.3 Å². The maximum Gasteiger partial charge on any atom is 0.265 e. The molecule has 0 aliphatic carbocycles. The highest BCUT2D eigenvalue weighted by atomic mass is 32.1. The van der Waals surface area contributed by atoms with Crippen molar-refractivity contribution in [3.63, 3.8) is 0 Å². The molecule has 0 aromatic carbocycles. The second-order valence-electron chi connectivity index (χ2n) is 3.50. The molecule has 18 heavy (non-hydrogen) atoms. The number of nitrogens with one attached hydrogen (secondary N) is 1. The van der Waals surface area contributed by atoms with E-state index in [0.717, 1.165) is 0 Å². The monoisotopic (exact) mass is 263 g/mol. The van der Waals surface area contributed by atoms with Gasteiger partial charge >= 0.3 is 0 Å². The van der Waals surface area contributed by atoms with E-state index in [1.54, 1.807) is 24.4 Å². The summed E-state index contributed by atoms with van der Waals surface area (Å²) in [6.07, 6.45) is 0.365. The number of hydrogen-bond acceptors (Lipinski definition) is 3. The number of nitrogens with zero attached hydrogens (tertiary/aromatic N) is 2. The van der Waals surface area contributed by atoms with Crippen molar-refractivity contribution < 1.29 is 8.78 Å². The topological polar surface area (TPSA) is 52.5 Å². The summed E-state index contributed by atoms with van der Waals surface area (Å²) in [5, 5.41) is 8.83. The van der Waals surface area contributed by atoms with Crippen molar-refractivity contribution in [1.82, 2.24) is 9.97 Å². The summed E-state index contributed by atoms with van der Waals surface area (Å²) >= 11 is 4.91. The lowest BCUT2D eigenvalue weighted by Crippen LogP contribution is -1.96. The second-order valence-corrected chi connectivity index (χ2v) is 3.90. The average molecular weight is 263 g/mol. The Morgan fingerprint density at radius 1 is 1.44 bits per heavy atom. The van der Waals surface area contributed by atoms with Gasteiger partial charge in [0, 0.05) is 29.2 Å². The molecule has 0 saturated heterocycles. The van der Waals surface area contributed by atoms with Gasteiger partial charge < -0.3 is 4.98 Å². The molecule has 0 unspecified atom stereocenters. The molecule has 0 bridgehead atoms. The second kappa shape index (κ2) is 5.02. The fourth-order valence-electron chi connectivity index (χ4n) is 1.54. The summed E-state index contributed by atoms with van der Waals surface area (Å²) in [5.74, 6) is 0. The Hall–Kier alpha value is -2.13. The highest BCUT2D eigenvalue weighted by Gasteiger charge is 2.16. The number of H-pyrrole nitrogens is 1. The molecule has 0 aliphatic rings. The van der Waals surface area contributed by atoms with Crippen molar-refractivity contribution in [3.05, 3.63) is 46.4 Å². The van der Waals surface area contributed by atoms with Gasteiger partial charge in [-0.2, -0.15) is 5.26 Å². The number of aromatic amines is 1. The molecule has 0 fully saturated rings. The molecule has 0 aliphatic heterocycles. The number of nitriles is 1. The molecule has 2 aromatic rings. The summed E-state index contributed by atoms with van der Waals surface area (Å²) in [4.78, 5) is 6.66. The Bertz CT molecular complexity index is 659. The van der Waals surface area contributed by atoms with Crippen molar-refractivity contribution >= 4 is 12.2 Å². The summed E-state index contributed by atoms with van der Waals surface area (Å²) in [5.41, 5.74) is 0.505. The molecular formula is C12H7F2N3S. The van der Waals surface area contributed by atoms with Crippen LogP contribution in [0.3, 0.4) is 0 Å². The fraction of sp³-hybridized carbons (Fsp3) is 0.0833. The molecule has 2 aromatic heterocycles. The number of hydrogen-bond donors (Lipinski definition) is 1. The summed E-state index contributed by atoms with van der Waals surface area (Å²) in [6, 6.07) is 6.33. The highest BCUT2D eigenvalue weighted by Crippen LogP contribution is 2.27. The number of aromatic nitrogens is 2. The lowest BCUT2D eigenvalue weighted by molar-refractivity contribution is 0.151. The Morgan fingerprint density at radius 3 is 2.78 bits per heavy atom. The maximum atomic E-state index is 12.9. The van der Waals surface area contributed by atoms with Gasteiger partial charge in [-0.3, -0.25) is 4.98 Å². The summed E-state index contributed by atoms with van der Waals surface area (Å²) in [7, 11) is 0. The van der Waals surface area contributed by atoms with E-state index in [1.165, 1.54) is 12.3 Å². The summed E-state index contributed by atoms with van der Waals surface area (Å²) in [6.45, 7) is 0. The first-order chi connectivity index (χ1) is 8.63. The fourth-order valence-corrected chi connectivity index (χ4v) is 1.82. The van der Waals surface area contributed by atoms with Crippen molar-refractivity contribution in [2.24, 2.45) is 0 Å². The van der Waals surface area contributed by atoms with Crippen LogP contribution in [0.2, 0.25) is 0 Å². The van der Waals surface area contributed by atoms with Gasteiger partial charge in [-0.1, -0.05) is 12.2 Å². The van der Waals surface area contributed by atoms with Crippen LogP contribution in [0.1, 0.15) is 17.6 Å². The van der Waals surface area contributed by atoms with Crippen molar-refractivity contribution in [2.45, 2.75) is 6.43 Å². The SMILES string of the molecule is N#Cc1c(C(F)F)cc(-c2cccnc2)[nH]c1=S. The predicted molar refractivity (Wildman–Crippen MR) is 64.5 cm³/mol. The molecule has 2 heterocycles. The van der Waals surface area contributed by atoms with E-state index in [4.69, 9.17) is 17.5 Å². The predicted octanol–water partition coefficient (Wildman–Crippen LogP) is 3.62.